The second kappa shape index (κ2) is 5.48. The van der Waals surface area contributed by atoms with Gasteiger partial charge in [-0.3, -0.25) is 10.4 Å². The van der Waals surface area contributed by atoms with Crippen LogP contribution in [0.2, 0.25) is 0 Å². The van der Waals surface area contributed by atoms with E-state index < -0.39 is 0 Å². The average Bonchev–Trinajstić information content (AvgIpc) is 2.42. The summed E-state index contributed by atoms with van der Waals surface area (Å²) in [6, 6.07) is 8.16. The van der Waals surface area contributed by atoms with E-state index >= 15 is 0 Å². The maximum atomic E-state index is 13.9. The fourth-order valence-corrected chi connectivity index (χ4v) is 1.97. The number of halogens is 1. The van der Waals surface area contributed by atoms with Gasteiger partial charge in [0.25, 0.3) is 0 Å². The number of nitrogens with one attached hydrogen (secondary N) is 1. The summed E-state index contributed by atoms with van der Waals surface area (Å²) in [5.74, 6) is -0.380. The predicted octanol–water partition coefficient (Wildman–Crippen LogP) is 2.66. The number of amidine groups is 1. The molecule has 2 rings (SSSR count). The third kappa shape index (κ3) is 2.54. The van der Waals surface area contributed by atoms with Gasteiger partial charge in [-0.15, -0.1) is 0 Å². The van der Waals surface area contributed by atoms with Gasteiger partial charge >= 0.3 is 0 Å². The molecule has 1 aromatic carbocycles. The molecule has 0 saturated heterocycles. The van der Waals surface area contributed by atoms with Crippen LogP contribution in [-0.2, 0) is 0 Å². The quantitative estimate of drug-likeness (QED) is 0.654. The zero-order chi connectivity index (χ0) is 13.8. The maximum Gasteiger partial charge on any atom is 0.146 e. The Morgan fingerprint density at radius 2 is 2.05 bits per heavy atom. The number of nitrogens with zero attached hydrogens (tertiary/aromatic N) is 2. The zero-order valence-electron chi connectivity index (χ0n) is 10.6. The number of para-hydroxylation sites is 1. The van der Waals surface area contributed by atoms with Crippen LogP contribution < -0.4 is 10.6 Å². The number of benzene rings is 1. The molecule has 0 fully saturated rings. The number of hydrogen-bond acceptors (Lipinski definition) is 3. The number of pyridine rings is 1. The second-order valence-electron chi connectivity index (χ2n) is 4.00. The first kappa shape index (κ1) is 13.0. The van der Waals surface area contributed by atoms with Crippen LogP contribution in [0.5, 0.6) is 0 Å². The number of anilines is 2. The Hall–Kier alpha value is -2.43. The van der Waals surface area contributed by atoms with Crippen LogP contribution in [0.1, 0.15) is 12.5 Å². The standard InChI is InChI=1S/C14H15FN4/c1-2-19(12-6-4-3-5-11(12)15)13-9-18-8-7-10(13)14(16)17/h3-9H,2H2,1H3,(H3,16,17). The van der Waals surface area contributed by atoms with Crippen molar-refractivity contribution < 1.29 is 4.39 Å². The summed E-state index contributed by atoms with van der Waals surface area (Å²) in [7, 11) is 0. The van der Waals surface area contributed by atoms with Gasteiger partial charge in [-0.05, 0) is 25.1 Å². The van der Waals surface area contributed by atoms with Gasteiger partial charge in [0, 0.05) is 18.3 Å². The Labute approximate surface area is 111 Å². The average molecular weight is 258 g/mol. The highest BCUT2D eigenvalue weighted by molar-refractivity contribution is 6.01. The summed E-state index contributed by atoms with van der Waals surface area (Å²) >= 11 is 0. The third-order valence-electron chi connectivity index (χ3n) is 2.84. The lowest BCUT2D eigenvalue weighted by molar-refractivity contribution is 0.625. The number of nitrogens with two attached hydrogens (primary N) is 1. The first-order valence-electron chi connectivity index (χ1n) is 5.95. The normalized spacial score (nSPS) is 10.2. The monoisotopic (exact) mass is 258 g/mol. The van der Waals surface area contributed by atoms with Crippen molar-refractivity contribution in [2.75, 3.05) is 11.4 Å². The number of nitrogen functional groups attached to an aromatic ring is 1. The third-order valence-corrected chi connectivity index (χ3v) is 2.84. The molecular weight excluding hydrogens is 243 g/mol. The van der Waals surface area contributed by atoms with Crippen molar-refractivity contribution in [1.82, 2.24) is 4.98 Å². The van der Waals surface area contributed by atoms with E-state index in [1.54, 1.807) is 41.6 Å². The number of aromatic nitrogens is 1. The molecule has 5 heteroatoms. The second-order valence-corrected chi connectivity index (χ2v) is 4.00. The Balaban J connectivity index is 2.55. The SMILES string of the molecule is CCN(c1ccccc1F)c1cnccc1C(=N)N. The molecule has 3 N–H and O–H groups in total. The Morgan fingerprint density at radius 1 is 1.32 bits per heavy atom. The molecule has 1 aromatic heterocycles. The van der Waals surface area contributed by atoms with Crippen molar-refractivity contribution >= 4 is 17.2 Å². The molecule has 0 aliphatic carbocycles. The molecule has 1 heterocycles. The van der Waals surface area contributed by atoms with Crippen molar-refractivity contribution in [2.45, 2.75) is 6.92 Å². The van der Waals surface area contributed by atoms with Crippen molar-refractivity contribution in [1.29, 1.82) is 5.41 Å². The summed E-state index contributed by atoms with van der Waals surface area (Å²) in [6.45, 7) is 2.45. The van der Waals surface area contributed by atoms with Gasteiger partial charge in [-0.1, -0.05) is 12.1 Å². The van der Waals surface area contributed by atoms with E-state index in [2.05, 4.69) is 4.98 Å². The molecule has 0 aliphatic rings. The van der Waals surface area contributed by atoms with Crippen LogP contribution in [0, 0.1) is 11.2 Å². The van der Waals surface area contributed by atoms with Gasteiger partial charge in [0.2, 0.25) is 0 Å². The van der Waals surface area contributed by atoms with E-state index in [1.165, 1.54) is 6.07 Å². The van der Waals surface area contributed by atoms with Gasteiger partial charge < -0.3 is 10.6 Å². The van der Waals surface area contributed by atoms with E-state index in [9.17, 15) is 4.39 Å². The molecule has 2 aromatic rings. The van der Waals surface area contributed by atoms with Crippen LogP contribution in [-0.4, -0.2) is 17.4 Å². The first-order valence-corrected chi connectivity index (χ1v) is 5.95. The molecule has 0 saturated carbocycles. The van der Waals surface area contributed by atoms with Crippen LogP contribution in [0.4, 0.5) is 15.8 Å². The molecule has 19 heavy (non-hydrogen) atoms. The summed E-state index contributed by atoms with van der Waals surface area (Å²) in [4.78, 5) is 5.78. The topological polar surface area (TPSA) is 66.0 Å². The minimum atomic E-state index is -0.317. The van der Waals surface area contributed by atoms with E-state index in [1.807, 2.05) is 6.92 Å². The number of rotatable bonds is 4. The van der Waals surface area contributed by atoms with Gasteiger partial charge in [0.15, 0.2) is 0 Å². The van der Waals surface area contributed by atoms with E-state index in [0.29, 0.717) is 23.5 Å². The fraction of sp³-hybridized carbons (Fsp3) is 0.143. The largest absolute Gasteiger partial charge is 0.384 e. The first-order chi connectivity index (χ1) is 9.15. The molecule has 0 amide bonds. The van der Waals surface area contributed by atoms with E-state index in [-0.39, 0.29) is 11.7 Å². The Kier molecular flexibility index (Phi) is 3.75. The fourth-order valence-electron chi connectivity index (χ4n) is 1.97. The van der Waals surface area contributed by atoms with Crippen molar-refractivity contribution in [3.05, 3.63) is 54.1 Å². The highest BCUT2D eigenvalue weighted by Crippen LogP contribution is 2.29. The molecule has 0 atom stereocenters. The van der Waals surface area contributed by atoms with Crippen LogP contribution >= 0.6 is 0 Å². The van der Waals surface area contributed by atoms with Crippen molar-refractivity contribution in [2.24, 2.45) is 5.73 Å². The lowest BCUT2D eigenvalue weighted by atomic mass is 10.1. The van der Waals surface area contributed by atoms with Gasteiger partial charge in [0.1, 0.15) is 11.7 Å². The molecule has 0 radical (unpaired) electrons. The zero-order valence-corrected chi connectivity index (χ0v) is 10.6. The van der Waals surface area contributed by atoms with Crippen LogP contribution in [0.3, 0.4) is 0 Å². The summed E-state index contributed by atoms with van der Waals surface area (Å²) in [5.41, 5.74) is 7.17. The minimum Gasteiger partial charge on any atom is -0.384 e. The lowest BCUT2D eigenvalue weighted by Crippen LogP contribution is -2.22. The number of hydrogen-bond donors (Lipinski definition) is 2. The summed E-state index contributed by atoms with van der Waals surface area (Å²) in [5, 5.41) is 7.59. The van der Waals surface area contributed by atoms with Crippen LogP contribution in [0.15, 0.2) is 42.7 Å². The molecular formula is C14H15FN4. The molecule has 0 bridgehead atoms. The smallest absolute Gasteiger partial charge is 0.146 e. The predicted molar refractivity (Wildman–Crippen MR) is 74.3 cm³/mol. The van der Waals surface area contributed by atoms with Gasteiger partial charge in [-0.25, -0.2) is 4.39 Å². The Morgan fingerprint density at radius 3 is 2.68 bits per heavy atom. The highest BCUT2D eigenvalue weighted by atomic mass is 19.1. The Bertz CT molecular complexity index is 598. The van der Waals surface area contributed by atoms with Gasteiger partial charge in [0.05, 0.1) is 17.6 Å². The van der Waals surface area contributed by atoms with E-state index in [4.69, 9.17) is 11.1 Å². The molecule has 98 valence electrons. The summed E-state index contributed by atoms with van der Waals surface area (Å²) < 4.78 is 13.9. The van der Waals surface area contributed by atoms with Gasteiger partial charge in [-0.2, -0.15) is 0 Å². The molecule has 0 unspecified atom stereocenters. The van der Waals surface area contributed by atoms with Crippen molar-refractivity contribution in [3.8, 4) is 0 Å². The van der Waals surface area contributed by atoms with Crippen LogP contribution in [0.25, 0.3) is 0 Å². The summed E-state index contributed by atoms with van der Waals surface area (Å²) in [6.07, 6.45) is 3.15. The van der Waals surface area contributed by atoms with Crippen molar-refractivity contribution in [3.63, 3.8) is 0 Å². The maximum absolute atomic E-state index is 13.9. The molecule has 0 aliphatic heterocycles. The molecule has 0 spiro atoms. The molecule has 4 nitrogen and oxygen atoms in total. The highest BCUT2D eigenvalue weighted by Gasteiger charge is 2.16. The lowest BCUT2D eigenvalue weighted by Gasteiger charge is -2.25. The van der Waals surface area contributed by atoms with E-state index in [0.717, 1.165) is 0 Å². The minimum absolute atomic E-state index is 0.0628.